The van der Waals surface area contributed by atoms with Crippen molar-refractivity contribution in [1.29, 1.82) is 0 Å². The molecule has 5 heteroatoms. The first-order chi connectivity index (χ1) is 3.31. The van der Waals surface area contributed by atoms with Crippen LogP contribution in [-0.4, -0.2) is 18.0 Å². The van der Waals surface area contributed by atoms with Gasteiger partial charge in [-0.25, -0.2) is 0 Å². The summed E-state index contributed by atoms with van der Waals surface area (Å²) in [6.07, 6.45) is -1.85. The molecular formula is C2H3NO4. The van der Waals surface area contributed by atoms with Crippen LogP contribution in [0.1, 0.15) is 0 Å². The number of nitroso groups, excluding NO2 is 1. The number of nitrogens with zero attached hydrogens (tertiary/aromatic N) is 1. The number of rotatable bonds is 3. The predicted octanol–water partition coefficient (Wildman–Crippen LogP) is -0.798. The fourth-order valence-corrected chi connectivity index (χ4v) is 0.0745. The van der Waals surface area contributed by atoms with Gasteiger partial charge in [0.15, 0.2) is 0 Å². The first kappa shape index (κ1) is 6.03. The Bertz CT molecular complexity index is 72.1. The summed E-state index contributed by atoms with van der Waals surface area (Å²) < 4.78 is 3.59. The second-order valence-corrected chi connectivity index (χ2v) is 0.664. The van der Waals surface area contributed by atoms with Crippen LogP contribution in [-0.2, 0) is 9.53 Å². The Morgan fingerprint density at radius 1 is 1.86 bits per heavy atom. The summed E-state index contributed by atoms with van der Waals surface area (Å²) >= 11 is 0. The molecule has 0 bridgehead atoms. The Labute approximate surface area is 38.9 Å². The minimum absolute atomic E-state index is 0.0634. The standard InChI is InChI=1S/C2H3NO4/c4-1-7-2(5)3-6/h1-2,5H. The number of aliphatic hydroxyl groups excluding tert-OH is 1. The summed E-state index contributed by atoms with van der Waals surface area (Å²) in [6.45, 7) is -0.0634. The van der Waals surface area contributed by atoms with E-state index in [2.05, 4.69) is 4.74 Å². The third kappa shape index (κ3) is 2.84. The second kappa shape index (κ2) is 3.23. The number of carbonyl (C=O) groups excluding carboxylic acids is 1. The van der Waals surface area contributed by atoms with E-state index in [1.54, 1.807) is 0 Å². The van der Waals surface area contributed by atoms with Gasteiger partial charge in [-0.15, -0.1) is 4.91 Å². The molecule has 1 N–H and O–H groups in total. The zero-order chi connectivity index (χ0) is 5.70. The molecule has 0 aliphatic heterocycles. The lowest BCUT2D eigenvalue weighted by molar-refractivity contribution is -0.150. The van der Waals surface area contributed by atoms with Gasteiger partial charge >= 0.3 is 6.41 Å². The lowest BCUT2D eigenvalue weighted by atomic mass is 11.2. The molecule has 40 valence electrons. The van der Waals surface area contributed by atoms with Gasteiger partial charge in [0.2, 0.25) is 0 Å². The van der Waals surface area contributed by atoms with Crippen molar-refractivity contribution >= 4 is 6.47 Å². The van der Waals surface area contributed by atoms with Crippen LogP contribution in [0.25, 0.3) is 0 Å². The van der Waals surface area contributed by atoms with Crippen molar-refractivity contribution in [3.05, 3.63) is 4.91 Å². The normalized spacial score (nSPS) is 12.1. The molecule has 1 unspecified atom stereocenters. The molecule has 0 spiro atoms. The van der Waals surface area contributed by atoms with Gasteiger partial charge < -0.3 is 9.84 Å². The fourth-order valence-electron chi connectivity index (χ4n) is 0.0745. The largest absolute Gasteiger partial charge is 0.414 e. The zero-order valence-corrected chi connectivity index (χ0v) is 3.27. The van der Waals surface area contributed by atoms with Crippen molar-refractivity contribution in [2.45, 2.75) is 6.41 Å². The highest BCUT2D eigenvalue weighted by Gasteiger charge is 1.96. The van der Waals surface area contributed by atoms with E-state index in [1.165, 1.54) is 0 Å². The van der Waals surface area contributed by atoms with Crippen LogP contribution >= 0.6 is 0 Å². The van der Waals surface area contributed by atoms with Gasteiger partial charge in [-0.05, 0) is 0 Å². The van der Waals surface area contributed by atoms with Crippen molar-refractivity contribution in [2.24, 2.45) is 5.18 Å². The topological polar surface area (TPSA) is 76.0 Å². The Morgan fingerprint density at radius 2 is 2.43 bits per heavy atom. The fraction of sp³-hybridized carbons (Fsp3) is 0.500. The molecule has 0 heterocycles. The van der Waals surface area contributed by atoms with E-state index in [1.807, 2.05) is 5.18 Å². The van der Waals surface area contributed by atoms with Crippen molar-refractivity contribution in [2.75, 3.05) is 0 Å². The molecule has 0 aliphatic carbocycles. The Hall–Kier alpha value is -0.970. The zero-order valence-electron chi connectivity index (χ0n) is 3.27. The molecule has 5 nitrogen and oxygen atoms in total. The summed E-state index contributed by atoms with van der Waals surface area (Å²) in [7, 11) is 0. The van der Waals surface area contributed by atoms with Gasteiger partial charge in [0.05, 0.1) is 0 Å². The first-order valence-corrected chi connectivity index (χ1v) is 1.41. The maximum Gasteiger partial charge on any atom is 0.338 e. The summed E-state index contributed by atoms with van der Waals surface area (Å²) in [5, 5.41) is 9.86. The molecule has 0 fully saturated rings. The number of ether oxygens (including phenoxy) is 1. The number of aliphatic hydroxyl groups is 1. The van der Waals surface area contributed by atoms with Crippen LogP contribution in [0.4, 0.5) is 0 Å². The Kier molecular flexibility index (Phi) is 2.78. The van der Waals surface area contributed by atoms with Gasteiger partial charge in [0.1, 0.15) is 0 Å². The third-order valence-corrected chi connectivity index (χ3v) is 0.267. The van der Waals surface area contributed by atoms with Crippen molar-refractivity contribution < 1.29 is 14.6 Å². The maximum atomic E-state index is 9.19. The summed E-state index contributed by atoms with van der Waals surface area (Å²) in [5.74, 6) is 0. The minimum Gasteiger partial charge on any atom is -0.414 e. The van der Waals surface area contributed by atoms with Crippen LogP contribution in [0.2, 0.25) is 0 Å². The highest BCUT2D eigenvalue weighted by atomic mass is 16.7. The van der Waals surface area contributed by atoms with Gasteiger partial charge in [-0.3, -0.25) is 4.79 Å². The second-order valence-electron chi connectivity index (χ2n) is 0.664. The van der Waals surface area contributed by atoms with Gasteiger partial charge in [0.25, 0.3) is 6.47 Å². The minimum atomic E-state index is -1.85. The highest BCUT2D eigenvalue weighted by molar-refractivity contribution is 5.36. The van der Waals surface area contributed by atoms with Crippen LogP contribution in [0.15, 0.2) is 5.18 Å². The smallest absolute Gasteiger partial charge is 0.338 e. The van der Waals surface area contributed by atoms with Crippen molar-refractivity contribution in [1.82, 2.24) is 0 Å². The molecule has 0 rings (SSSR count). The summed E-state index contributed by atoms with van der Waals surface area (Å²) in [6, 6.07) is 0. The summed E-state index contributed by atoms with van der Waals surface area (Å²) in [5.41, 5.74) is 0. The van der Waals surface area contributed by atoms with E-state index < -0.39 is 6.41 Å². The van der Waals surface area contributed by atoms with E-state index in [-0.39, 0.29) is 6.47 Å². The van der Waals surface area contributed by atoms with Crippen molar-refractivity contribution in [3.63, 3.8) is 0 Å². The van der Waals surface area contributed by atoms with Crippen LogP contribution in [0.5, 0.6) is 0 Å². The van der Waals surface area contributed by atoms with E-state index in [0.29, 0.717) is 0 Å². The summed E-state index contributed by atoms with van der Waals surface area (Å²) in [4.78, 5) is 18.3. The maximum absolute atomic E-state index is 9.19. The number of hydrogen-bond donors (Lipinski definition) is 1. The Morgan fingerprint density at radius 3 is 2.57 bits per heavy atom. The van der Waals surface area contributed by atoms with E-state index >= 15 is 0 Å². The molecule has 0 aromatic heterocycles. The monoisotopic (exact) mass is 105 g/mol. The van der Waals surface area contributed by atoms with Gasteiger partial charge in [-0.1, -0.05) is 0 Å². The Balaban J connectivity index is 3.15. The van der Waals surface area contributed by atoms with Gasteiger partial charge in [-0.2, -0.15) is 0 Å². The molecule has 0 radical (unpaired) electrons. The number of carbonyl (C=O) groups is 1. The van der Waals surface area contributed by atoms with Crippen LogP contribution in [0, 0.1) is 4.91 Å². The molecule has 0 aliphatic rings. The van der Waals surface area contributed by atoms with Crippen LogP contribution in [0.3, 0.4) is 0 Å². The predicted molar refractivity (Wildman–Crippen MR) is 19.0 cm³/mol. The average molecular weight is 105 g/mol. The number of hydrogen-bond acceptors (Lipinski definition) is 5. The molecule has 0 saturated heterocycles. The molecule has 0 amide bonds. The molecular weight excluding hydrogens is 102 g/mol. The molecule has 0 saturated carbocycles. The quantitative estimate of drug-likeness (QED) is 0.289. The van der Waals surface area contributed by atoms with E-state index in [0.717, 1.165) is 0 Å². The lowest BCUT2D eigenvalue weighted by Gasteiger charge is -1.92. The van der Waals surface area contributed by atoms with Crippen molar-refractivity contribution in [3.8, 4) is 0 Å². The average Bonchev–Trinajstić information content (AvgIpc) is 1.68. The van der Waals surface area contributed by atoms with Crippen LogP contribution < -0.4 is 0 Å². The molecule has 0 aromatic rings. The highest BCUT2D eigenvalue weighted by Crippen LogP contribution is 1.80. The first-order valence-electron chi connectivity index (χ1n) is 1.41. The molecule has 7 heavy (non-hydrogen) atoms. The molecule has 0 aromatic carbocycles. The van der Waals surface area contributed by atoms with Gasteiger partial charge in [0, 0.05) is 5.18 Å². The van der Waals surface area contributed by atoms with E-state index in [4.69, 9.17) is 10.0 Å². The molecule has 1 atom stereocenters. The van der Waals surface area contributed by atoms with E-state index in [9.17, 15) is 4.79 Å². The third-order valence-electron chi connectivity index (χ3n) is 0.267. The lowest BCUT2D eigenvalue weighted by Crippen LogP contribution is -2.04. The SMILES string of the molecule is O=COC(O)N=O.